The summed E-state index contributed by atoms with van der Waals surface area (Å²) in [6, 6.07) is 18.8. The first kappa shape index (κ1) is 37.1. The molecule has 2 aliphatic rings. The van der Waals surface area contributed by atoms with Crippen LogP contribution in [0.4, 0.5) is 0 Å². The first-order valence-corrected chi connectivity index (χ1v) is 19.1. The second kappa shape index (κ2) is 16.3. The molecule has 3 aromatic carbocycles. The Hall–Kier alpha value is -4.67. The van der Waals surface area contributed by atoms with E-state index in [1.807, 2.05) is 42.2 Å². The fourth-order valence-electron chi connectivity index (χ4n) is 6.42. The molecular weight excluding hydrogens is 704 g/mol. The van der Waals surface area contributed by atoms with Crippen LogP contribution in [0, 0.1) is 18.3 Å². The molecule has 1 fully saturated rings. The molecule has 11 nitrogen and oxygen atoms in total. The molecule has 272 valence electrons. The fourth-order valence-corrected chi connectivity index (χ4v) is 7.47. The zero-order chi connectivity index (χ0) is 36.8. The predicted molar refractivity (Wildman–Crippen MR) is 197 cm³/mol. The topological polar surface area (TPSA) is 131 Å². The van der Waals surface area contributed by atoms with Crippen LogP contribution in [0.5, 0.6) is 23.0 Å². The number of ketones is 1. The summed E-state index contributed by atoms with van der Waals surface area (Å²) in [7, 11) is -0.854. The van der Waals surface area contributed by atoms with Crippen LogP contribution in [0.15, 0.2) is 67.0 Å². The van der Waals surface area contributed by atoms with Crippen LogP contribution in [-0.4, -0.2) is 74.0 Å². The lowest BCUT2D eigenvalue weighted by Gasteiger charge is -2.35. The molecule has 3 heterocycles. The Kier molecular flexibility index (Phi) is 11.7. The van der Waals surface area contributed by atoms with Crippen LogP contribution >= 0.6 is 11.6 Å². The largest absolute Gasteiger partial charge is 0.488 e. The smallest absolute Gasteiger partial charge is 0.220 e. The maximum absolute atomic E-state index is 13.4. The minimum Gasteiger partial charge on any atom is -0.488 e. The first-order valence-electron chi connectivity index (χ1n) is 17.1. The standard InChI is InChI=1S/C39H41ClN4O7S/c1-26-30(7-6-8-32(26)29-10-11-36-39(17-29)49-14-13-48-36)24-51-38-18-37(50-23-28-15-27(19-41)20-42-21-28)31(16-33(38)40)22-44-12-5-4-9-34(44)35(45)25-52(46,47)43(2)3/h6-8,10-11,15-18,20-21,34H,4-5,9,12-14,22-25H2,1-3H3/t34-/m0/s1. The number of Topliss-reactive ketones (excluding diaryl/α,β-unsaturated/α-hetero) is 1. The Morgan fingerprint density at radius 1 is 1.00 bits per heavy atom. The van der Waals surface area contributed by atoms with Crippen molar-refractivity contribution in [3.63, 3.8) is 0 Å². The van der Waals surface area contributed by atoms with E-state index in [1.165, 1.54) is 20.3 Å². The third-order valence-corrected chi connectivity index (χ3v) is 11.4. The van der Waals surface area contributed by atoms with Gasteiger partial charge < -0.3 is 18.9 Å². The molecule has 4 aromatic rings. The van der Waals surface area contributed by atoms with Crippen LogP contribution < -0.4 is 18.9 Å². The van der Waals surface area contributed by atoms with Gasteiger partial charge in [-0.05, 0) is 72.8 Å². The van der Waals surface area contributed by atoms with E-state index >= 15 is 0 Å². The van der Waals surface area contributed by atoms with Crippen molar-refractivity contribution in [3.8, 4) is 40.2 Å². The fraction of sp³-hybridized carbons (Fsp3) is 0.359. The number of hydrogen-bond acceptors (Lipinski definition) is 10. The van der Waals surface area contributed by atoms with E-state index in [-0.39, 0.29) is 19.0 Å². The minimum atomic E-state index is -3.71. The van der Waals surface area contributed by atoms with E-state index in [0.29, 0.717) is 65.9 Å². The third-order valence-electron chi connectivity index (χ3n) is 9.36. The highest BCUT2D eigenvalue weighted by Gasteiger charge is 2.33. The molecule has 1 saturated heterocycles. The van der Waals surface area contributed by atoms with Gasteiger partial charge in [0.2, 0.25) is 10.0 Å². The van der Waals surface area contributed by atoms with Crippen molar-refractivity contribution >= 4 is 27.4 Å². The molecule has 0 unspecified atom stereocenters. The number of rotatable bonds is 13. The van der Waals surface area contributed by atoms with Crippen LogP contribution in [-0.2, 0) is 34.6 Å². The van der Waals surface area contributed by atoms with E-state index in [0.717, 1.165) is 50.9 Å². The molecule has 13 heteroatoms. The SMILES string of the molecule is Cc1c(COc2cc(OCc3cncc(C#N)c3)c(CN3CCCC[C@H]3C(=O)CS(=O)(=O)N(C)C)cc2Cl)cccc1-c1ccc2c(c1)OCCO2. The van der Waals surface area contributed by atoms with Gasteiger partial charge in [-0.3, -0.25) is 14.7 Å². The second-order valence-corrected chi connectivity index (χ2v) is 15.7. The van der Waals surface area contributed by atoms with Gasteiger partial charge in [-0.2, -0.15) is 5.26 Å². The molecule has 0 radical (unpaired) electrons. The normalized spacial score (nSPS) is 16.0. The maximum Gasteiger partial charge on any atom is 0.220 e. The molecule has 0 N–H and O–H groups in total. The van der Waals surface area contributed by atoms with E-state index < -0.39 is 21.8 Å². The molecule has 6 rings (SSSR count). The molecule has 1 aromatic heterocycles. The summed E-state index contributed by atoms with van der Waals surface area (Å²) in [6.45, 7) is 4.36. The van der Waals surface area contributed by atoms with Gasteiger partial charge >= 0.3 is 0 Å². The zero-order valence-electron chi connectivity index (χ0n) is 29.4. The van der Waals surface area contributed by atoms with Crippen molar-refractivity contribution in [2.45, 2.75) is 52.0 Å². The summed E-state index contributed by atoms with van der Waals surface area (Å²) in [5.41, 5.74) is 5.90. The van der Waals surface area contributed by atoms with Crippen molar-refractivity contribution in [2.24, 2.45) is 0 Å². The summed E-state index contributed by atoms with van der Waals surface area (Å²) in [5.74, 6) is 1.46. The van der Waals surface area contributed by atoms with Crippen molar-refractivity contribution in [1.29, 1.82) is 5.26 Å². The summed E-state index contributed by atoms with van der Waals surface area (Å²) >= 11 is 6.87. The lowest BCUT2D eigenvalue weighted by Crippen LogP contribution is -2.47. The Morgan fingerprint density at radius 3 is 2.58 bits per heavy atom. The van der Waals surface area contributed by atoms with Gasteiger partial charge in [0.25, 0.3) is 0 Å². The van der Waals surface area contributed by atoms with Gasteiger partial charge in [-0.1, -0.05) is 42.3 Å². The van der Waals surface area contributed by atoms with E-state index in [4.69, 9.17) is 30.5 Å². The lowest BCUT2D eigenvalue weighted by molar-refractivity contribution is -0.123. The minimum absolute atomic E-state index is 0.122. The van der Waals surface area contributed by atoms with Gasteiger partial charge in [0.15, 0.2) is 17.3 Å². The van der Waals surface area contributed by atoms with Crippen molar-refractivity contribution in [3.05, 3.63) is 99.8 Å². The molecule has 0 amide bonds. The average Bonchev–Trinajstić information content (AvgIpc) is 3.14. The van der Waals surface area contributed by atoms with E-state index in [9.17, 15) is 18.5 Å². The van der Waals surface area contributed by atoms with Gasteiger partial charge in [0.05, 0.1) is 16.6 Å². The number of carbonyl (C=O) groups is 1. The third kappa shape index (κ3) is 8.68. The number of benzene rings is 3. The first-order chi connectivity index (χ1) is 25.0. The van der Waals surface area contributed by atoms with Gasteiger partial charge in [0.1, 0.15) is 49.7 Å². The lowest BCUT2D eigenvalue weighted by atomic mass is 9.96. The number of hydrogen-bond donors (Lipinski definition) is 0. The number of sulfonamides is 1. The highest BCUT2D eigenvalue weighted by molar-refractivity contribution is 7.89. The van der Waals surface area contributed by atoms with Crippen LogP contribution in [0.1, 0.15) is 47.1 Å². The number of likely N-dealkylation sites (tertiary alicyclic amines) is 1. The van der Waals surface area contributed by atoms with E-state index in [1.54, 1.807) is 24.4 Å². The van der Waals surface area contributed by atoms with Crippen LogP contribution in [0.3, 0.4) is 0 Å². The highest BCUT2D eigenvalue weighted by atomic mass is 35.5. The van der Waals surface area contributed by atoms with Crippen molar-refractivity contribution in [2.75, 3.05) is 39.6 Å². The molecule has 0 saturated carbocycles. The number of nitriles is 1. The monoisotopic (exact) mass is 744 g/mol. The Balaban J connectivity index is 1.26. The zero-order valence-corrected chi connectivity index (χ0v) is 31.0. The number of carbonyl (C=O) groups excluding carboxylic acids is 1. The summed E-state index contributed by atoms with van der Waals surface area (Å²) in [6.07, 6.45) is 5.37. The Bertz CT molecular complexity index is 2100. The molecule has 0 bridgehead atoms. The Labute approximate surface area is 309 Å². The molecule has 0 aliphatic carbocycles. The quantitative estimate of drug-likeness (QED) is 0.153. The van der Waals surface area contributed by atoms with Crippen molar-refractivity contribution in [1.82, 2.24) is 14.2 Å². The number of nitrogens with zero attached hydrogens (tertiary/aromatic N) is 4. The van der Waals surface area contributed by atoms with Gasteiger partial charge in [0, 0.05) is 50.2 Å². The summed E-state index contributed by atoms with van der Waals surface area (Å²) in [5, 5.41) is 9.73. The van der Waals surface area contributed by atoms with Crippen LogP contribution in [0.25, 0.3) is 11.1 Å². The molecule has 2 aliphatic heterocycles. The number of ether oxygens (including phenoxy) is 4. The highest BCUT2D eigenvalue weighted by Crippen LogP contribution is 2.38. The molecule has 0 spiro atoms. The Morgan fingerprint density at radius 2 is 1.79 bits per heavy atom. The predicted octanol–water partition coefficient (Wildman–Crippen LogP) is 6.33. The van der Waals surface area contributed by atoms with Crippen LogP contribution in [0.2, 0.25) is 5.02 Å². The van der Waals surface area contributed by atoms with Crippen molar-refractivity contribution < 1.29 is 32.2 Å². The summed E-state index contributed by atoms with van der Waals surface area (Å²) in [4.78, 5) is 19.5. The second-order valence-electron chi connectivity index (χ2n) is 13.1. The number of fused-ring (bicyclic) bond motifs is 1. The number of halogens is 1. The average molecular weight is 745 g/mol. The molecule has 52 heavy (non-hydrogen) atoms. The summed E-state index contributed by atoms with van der Waals surface area (Å²) < 4.78 is 50.4. The number of aromatic nitrogens is 1. The molecule has 1 atom stereocenters. The van der Waals surface area contributed by atoms with Gasteiger partial charge in [-0.15, -0.1) is 0 Å². The number of pyridine rings is 1. The van der Waals surface area contributed by atoms with Gasteiger partial charge in [-0.25, -0.2) is 12.7 Å². The van der Waals surface area contributed by atoms with E-state index in [2.05, 4.69) is 17.1 Å². The number of piperidine rings is 1. The maximum atomic E-state index is 13.4. The molecular formula is C39H41ClN4O7S.